The van der Waals surface area contributed by atoms with Crippen LogP contribution in [0.4, 0.5) is 9.59 Å². The highest BCUT2D eigenvalue weighted by molar-refractivity contribution is 6.30. The van der Waals surface area contributed by atoms with E-state index in [-0.39, 0.29) is 19.2 Å². The molecule has 0 bridgehead atoms. The second-order valence-corrected chi connectivity index (χ2v) is 10.0. The number of hydrogen-bond acceptors (Lipinski definition) is 7. The van der Waals surface area contributed by atoms with Gasteiger partial charge in [-0.2, -0.15) is 0 Å². The van der Waals surface area contributed by atoms with Gasteiger partial charge in [-0.05, 0) is 63.4 Å². The third kappa shape index (κ3) is 6.75. The van der Waals surface area contributed by atoms with E-state index in [9.17, 15) is 9.59 Å². The van der Waals surface area contributed by atoms with Crippen LogP contribution >= 0.6 is 11.6 Å². The SMILES string of the molecule is CC(C)(C)OC(=O)N1C[C@@H](NC(=O)OCc2ccccc2)CC[C@@H]1c1nnc(-c2ccc(Cl)cc2)o1. The summed E-state index contributed by atoms with van der Waals surface area (Å²) in [7, 11) is 0. The standard InChI is InChI=1S/C26H29ClN4O5/c1-26(2,3)36-25(33)31-15-20(28-24(32)34-16-17-7-5-4-6-8-17)13-14-21(31)23-30-29-22(35-23)18-9-11-19(27)12-10-18/h4-12,20-21H,13-16H2,1-3H3,(H,28,32)/t20-,21+/m0/s1. The van der Waals surface area contributed by atoms with Gasteiger partial charge in [0.25, 0.3) is 0 Å². The number of hydrogen-bond donors (Lipinski definition) is 1. The number of piperidine rings is 1. The monoisotopic (exact) mass is 512 g/mol. The van der Waals surface area contributed by atoms with Crippen LogP contribution in [0.1, 0.15) is 51.1 Å². The summed E-state index contributed by atoms with van der Waals surface area (Å²) < 4.78 is 16.9. The maximum atomic E-state index is 13.1. The number of carbonyl (C=O) groups is 2. The van der Waals surface area contributed by atoms with Crippen LogP contribution < -0.4 is 5.32 Å². The van der Waals surface area contributed by atoms with Crippen LogP contribution in [0.5, 0.6) is 0 Å². The van der Waals surface area contributed by atoms with Gasteiger partial charge in [-0.15, -0.1) is 10.2 Å². The number of aromatic nitrogens is 2. The molecule has 4 rings (SSSR count). The lowest BCUT2D eigenvalue weighted by Crippen LogP contribution is -2.52. The van der Waals surface area contributed by atoms with Crippen LogP contribution in [0.15, 0.2) is 59.0 Å². The highest BCUT2D eigenvalue weighted by Gasteiger charge is 2.38. The Morgan fingerprint density at radius 1 is 1.08 bits per heavy atom. The smallest absolute Gasteiger partial charge is 0.411 e. The second-order valence-electron chi connectivity index (χ2n) is 9.58. The van der Waals surface area contributed by atoms with Crippen molar-refractivity contribution in [2.75, 3.05) is 6.54 Å². The Balaban J connectivity index is 1.45. The van der Waals surface area contributed by atoms with Crippen molar-refractivity contribution in [1.29, 1.82) is 0 Å². The molecule has 0 saturated carbocycles. The Labute approximate surface area is 214 Å². The Bertz CT molecular complexity index is 1180. The molecule has 1 saturated heterocycles. The van der Waals surface area contributed by atoms with Gasteiger partial charge in [0.1, 0.15) is 18.2 Å². The minimum absolute atomic E-state index is 0.160. The number of benzene rings is 2. The normalized spacial score (nSPS) is 17.9. The number of ether oxygens (including phenoxy) is 2. The molecule has 36 heavy (non-hydrogen) atoms. The highest BCUT2D eigenvalue weighted by Crippen LogP contribution is 2.33. The van der Waals surface area contributed by atoms with Crippen molar-refractivity contribution in [2.45, 2.75) is 57.9 Å². The predicted octanol–water partition coefficient (Wildman–Crippen LogP) is 5.76. The summed E-state index contributed by atoms with van der Waals surface area (Å²) >= 11 is 5.97. The predicted molar refractivity (Wildman–Crippen MR) is 133 cm³/mol. The number of amides is 2. The summed E-state index contributed by atoms with van der Waals surface area (Å²) in [5, 5.41) is 11.8. The number of nitrogens with zero attached hydrogens (tertiary/aromatic N) is 3. The van der Waals surface area contributed by atoms with Crippen LogP contribution in [0.25, 0.3) is 11.5 Å². The number of nitrogens with one attached hydrogen (secondary N) is 1. The minimum atomic E-state index is -0.695. The first-order valence-electron chi connectivity index (χ1n) is 11.7. The average Bonchev–Trinajstić information content (AvgIpc) is 3.33. The van der Waals surface area contributed by atoms with Gasteiger partial charge < -0.3 is 19.2 Å². The van der Waals surface area contributed by atoms with E-state index < -0.39 is 23.8 Å². The maximum Gasteiger partial charge on any atom is 0.411 e. The molecule has 1 fully saturated rings. The lowest BCUT2D eigenvalue weighted by molar-refractivity contribution is 0.00162. The fraction of sp³-hybridized carbons (Fsp3) is 0.385. The highest BCUT2D eigenvalue weighted by atomic mass is 35.5. The van der Waals surface area contributed by atoms with Crippen molar-refractivity contribution >= 4 is 23.8 Å². The largest absolute Gasteiger partial charge is 0.445 e. The third-order valence-electron chi connectivity index (χ3n) is 5.56. The van der Waals surface area contributed by atoms with Crippen LogP contribution in [0, 0.1) is 0 Å². The molecule has 1 aliphatic rings. The molecule has 0 spiro atoms. The molecule has 2 aromatic carbocycles. The quantitative estimate of drug-likeness (QED) is 0.463. The zero-order chi connectivity index (χ0) is 25.7. The Kier molecular flexibility index (Phi) is 7.79. The van der Waals surface area contributed by atoms with Crippen molar-refractivity contribution in [3.05, 3.63) is 71.1 Å². The van der Waals surface area contributed by atoms with Crippen molar-refractivity contribution in [3.63, 3.8) is 0 Å². The summed E-state index contributed by atoms with van der Waals surface area (Å²) in [6.07, 6.45) is 0.00548. The van der Waals surface area contributed by atoms with Crippen LogP contribution in [0.2, 0.25) is 5.02 Å². The van der Waals surface area contributed by atoms with E-state index in [0.717, 1.165) is 11.1 Å². The van der Waals surface area contributed by atoms with Crippen molar-refractivity contribution in [2.24, 2.45) is 0 Å². The maximum absolute atomic E-state index is 13.1. The van der Waals surface area contributed by atoms with Gasteiger partial charge in [-0.3, -0.25) is 4.90 Å². The summed E-state index contributed by atoms with van der Waals surface area (Å²) in [6, 6.07) is 15.6. The Morgan fingerprint density at radius 3 is 2.50 bits per heavy atom. The van der Waals surface area contributed by atoms with Gasteiger partial charge in [-0.1, -0.05) is 41.9 Å². The molecule has 0 radical (unpaired) electrons. The molecule has 1 aromatic heterocycles. The van der Waals surface area contributed by atoms with Crippen molar-refractivity contribution in [3.8, 4) is 11.5 Å². The molecule has 0 unspecified atom stereocenters. The molecule has 2 heterocycles. The van der Waals surface area contributed by atoms with Crippen molar-refractivity contribution < 1.29 is 23.5 Å². The second kappa shape index (κ2) is 11.0. The number of alkyl carbamates (subject to hydrolysis) is 1. The number of likely N-dealkylation sites (tertiary alicyclic amines) is 1. The van der Waals surface area contributed by atoms with E-state index in [1.54, 1.807) is 45.0 Å². The molecule has 3 aromatic rings. The van der Waals surface area contributed by atoms with Gasteiger partial charge in [0.2, 0.25) is 11.8 Å². The van der Waals surface area contributed by atoms with Crippen LogP contribution in [-0.2, 0) is 16.1 Å². The van der Waals surface area contributed by atoms with Gasteiger partial charge >= 0.3 is 12.2 Å². The van der Waals surface area contributed by atoms with E-state index in [0.29, 0.717) is 29.6 Å². The fourth-order valence-electron chi connectivity index (χ4n) is 3.88. The summed E-state index contributed by atoms with van der Waals surface area (Å²) in [6.45, 7) is 5.76. The molecule has 190 valence electrons. The summed E-state index contributed by atoms with van der Waals surface area (Å²) in [5.74, 6) is 0.631. The Hall–Kier alpha value is -3.59. The third-order valence-corrected chi connectivity index (χ3v) is 5.81. The van der Waals surface area contributed by atoms with E-state index >= 15 is 0 Å². The molecule has 2 amide bonds. The summed E-state index contributed by atoms with van der Waals surface area (Å²) in [4.78, 5) is 27.0. The molecule has 0 aliphatic carbocycles. The molecule has 2 atom stereocenters. The zero-order valence-corrected chi connectivity index (χ0v) is 21.2. The topological polar surface area (TPSA) is 107 Å². The minimum Gasteiger partial charge on any atom is -0.445 e. The average molecular weight is 513 g/mol. The molecule has 9 nitrogen and oxygen atoms in total. The number of halogens is 1. The Morgan fingerprint density at radius 2 is 1.81 bits per heavy atom. The van der Waals surface area contributed by atoms with E-state index in [1.165, 1.54) is 4.90 Å². The molecule has 10 heteroatoms. The molecular weight excluding hydrogens is 484 g/mol. The van der Waals surface area contributed by atoms with Gasteiger partial charge in [0, 0.05) is 17.1 Å². The first-order chi connectivity index (χ1) is 17.2. The molecular formula is C26H29ClN4O5. The van der Waals surface area contributed by atoms with Gasteiger partial charge in [0.15, 0.2) is 0 Å². The zero-order valence-electron chi connectivity index (χ0n) is 20.4. The van der Waals surface area contributed by atoms with E-state index in [2.05, 4.69) is 15.5 Å². The fourth-order valence-corrected chi connectivity index (χ4v) is 4.00. The molecule has 1 N–H and O–H groups in total. The van der Waals surface area contributed by atoms with E-state index in [4.69, 9.17) is 25.5 Å². The number of rotatable bonds is 5. The van der Waals surface area contributed by atoms with Crippen LogP contribution in [0.3, 0.4) is 0 Å². The molecule has 1 aliphatic heterocycles. The van der Waals surface area contributed by atoms with Gasteiger partial charge in [-0.25, -0.2) is 9.59 Å². The van der Waals surface area contributed by atoms with Gasteiger partial charge in [0.05, 0.1) is 6.04 Å². The number of carbonyl (C=O) groups excluding carboxylic acids is 2. The first kappa shape index (κ1) is 25.5. The lowest BCUT2D eigenvalue weighted by Gasteiger charge is -2.38. The first-order valence-corrected chi connectivity index (χ1v) is 12.1. The van der Waals surface area contributed by atoms with Crippen molar-refractivity contribution in [1.82, 2.24) is 20.4 Å². The summed E-state index contributed by atoms with van der Waals surface area (Å²) in [5.41, 5.74) is 0.915. The lowest BCUT2D eigenvalue weighted by atomic mass is 9.98. The van der Waals surface area contributed by atoms with Crippen LogP contribution in [-0.4, -0.2) is 45.5 Å². The van der Waals surface area contributed by atoms with E-state index in [1.807, 2.05) is 30.3 Å².